The van der Waals surface area contributed by atoms with Gasteiger partial charge < -0.3 is 14.7 Å². The van der Waals surface area contributed by atoms with Crippen molar-refractivity contribution in [3.05, 3.63) is 23.8 Å². The molecule has 112 valence electrons. The molecule has 1 heterocycles. The Hall–Kier alpha value is -2.04. The minimum absolute atomic E-state index is 0.0344. The quantitative estimate of drug-likeness (QED) is 0.906. The average Bonchev–Trinajstić information content (AvgIpc) is 2.95. The number of aliphatic carboxylic acids is 1. The van der Waals surface area contributed by atoms with Gasteiger partial charge in [0, 0.05) is 5.92 Å². The zero-order valence-corrected chi connectivity index (χ0v) is 12.0. The number of fused-ring (bicyclic) bond motifs is 1. The summed E-state index contributed by atoms with van der Waals surface area (Å²) in [6.45, 7) is 3.00. The molecule has 1 aliphatic carbocycles. The summed E-state index contributed by atoms with van der Waals surface area (Å²) in [4.78, 5) is 25.5. The van der Waals surface area contributed by atoms with Gasteiger partial charge >= 0.3 is 5.97 Å². The Balaban J connectivity index is 1.79. The van der Waals surface area contributed by atoms with E-state index in [2.05, 4.69) is 0 Å². The Morgan fingerprint density at radius 1 is 1.29 bits per heavy atom. The van der Waals surface area contributed by atoms with Crippen LogP contribution in [0.3, 0.4) is 0 Å². The van der Waals surface area contributed by atoms with Gasteiger partial charge in [-0.15, -0.1) is 0 Å². The van der Waals surface area contributed by atoms with E-state index in [-0.39, 0.29) is 17.7 Å². The van der Waals surface area contributed by atoms with Crippen LogP contribution in [0.2, 0.25) is 0 Å². The lowest BCUT2D eigenvalue weighted by atomic mass is 10.0. The molecule has 3 rings (SSSR count). The number of rotatable bonds is 2. The molecule has 1 amide bonds. The van der Waals surface area contributed by atoms with E-state index in [1.807, 2.05) is 25.1 Å². The molecule has 0 unspecified atom stereocenters. The molecule has 0 bridgehead atoms. The third-order valence-corrected chi connectivity index (χ3v) is 4.38. The standard InChI is InChI=1S/C16H19NO4/c1-10-2-5-13-14(8-10)21-7-6-17(13)15(18)11-3-4-12(9-11)16(19)20/h2,5,8,11-12H,3-4,6-7,9H2,1H3,(H,19,20)/t11-,12+/m1/s1. The van der Waals surface area contributed by atoms with Crippen LogP contribution < -0.4 is 9.64 Å². The van der Waals surface area contributed by atoms with E-state index < -0.39 is 5.97 Å². The predicted molar refractivity (Wildman–Crippen MR) is 77.5 cm³/mol. The fourth-order valence-corrected chi connectivity index (χ4v) is 3.21. The van der Waals surface area contributed by atoms with Crippen molar-refractivity contribution in [3.8, 4) is 5.75 Å². The van der Waals surface area contributed by atoms with Gasteiger partial charge in [0.15, 0.2) is 0 Å². The zero-order valence-electron chi connectivity index (χ0n) is 12.0. The van der Waals surface area contributed by atoms with Gasteiger partial charge in [-0.3, -0.25) is 9.59 Å². The molecule has 1 N–H and O–H groups in total. The first-order valence-electron chi connectivity index (χ1n) is 7.34. The van der Waals surface area contributed by atoms with Crippen LogP contribution in [0.4, 0.5) is 5.69 Å². The van der Waals surface area contributed by atoms with Gasteiger partial charge in [-0.2, -0.15) is 0 Å². The van der Waals surface area contributed by atoms with Crippen molar-refractivity contribution in [2.75, 3.05) is 18.1 Å². The summed E-state index contributed by atoms with van der Waals surface area (Å²) < 4.78 is 5.62. The van der Waals surface area contributed by atoms with E-state index in [1.54, 1.807) is 4.90 Å². The van der Waals surface area contributed by atoms with Crippen LogP contribution in [0.15, 0.2) is 18.2 Å². The van der Waals surface area contributed by atoms with Crippen LogP contribution in [0.1, 0.15) is 24.8 Å². The first kappa shape index (κ1) is 13.9. The molecule has 5 nitrogen and oxygen atoms in total. The number of amides is 1. The monoisotopic (exact) mass is 289 g/mol. The van der Waals surface area contributed by atoms with Crippen LogP contribution in [0.25, 0.3) is 0 Å². The van der Waals surface area contributed by atoms with Crippen molar-refractivity contribution in [2.45, 2.75) is 26.2 Å². The second-order valence-corrected chi connectivity index (χ2v) is 5.85. The predicted octanol–water partition coefficient (Wildman–Crippen LogP) is 2.22. The van der Waals surface area contributed by atoms with Gasteiger partial charge in [0.05, 0.1) is 18.2 Å². The second kappa shape index (κ2) is 5.39. The SMILES string of the molecule is Cc1ccc2c(c1)OCCN2C(=O)[C@@H]1CC[C@H](C(=O)O)C1. The Morgan fingerprint density at radius 3 is 2.76 bits per heavy atom. The Bertz CT molecular complexity index is 584. The fourth-order valence-electron chi connectivity index (χ4n) is 3.21. The highest BCUT2D eigenvalue weighted by Gasteiger charge is 2.37. The number of carbonyl (C=O) groups excluding carboxylic acids is 1. The van der Waals surface area contributed by atoms with Crippen LogP contribution in [0.5, 0.6) is 5.75 Å². The maximum Gasteiger partial charge on any atom is 0.306 e. The summed E-state index contributed by atoms with van der Waals surface area (Å²) in [5.74, 6) is -0.575. The number of hydrogen-bond acceptors (Lipinski definition) is 3. The third kappa shape index (κ3) is 2.60. The summed E-state index contributed by atoms with van der Waals surface area (Å²) >= 11 is 0. The summed E-state index contributed by atoms with van der Waals surface area (Å²) in [5, 5.41) is 9.07. The molecular formula is C16H19NO4. The van der Waals surface area contributed by atoms with Crippen LogP contribution >= 0.6 is 0 Å². The average molecular weight is 289 g/mol. The number of carboxylic acid groups (broad SMARTS) is 1. The highest BCUT2D eigenvalue weighted by Crippen LogP contribution is 2.37. The van der Waals surface area contributed by atoms with E-state index in [4.69, 9.17) is 9.84 Å². The van der Waals surface area contributed by atoms with Gasteiger partial charge in [-0.05, 0) is 43.9 Å². The molecule has 0 saturated heterocycles. The Labute approximate surface area is 123 Å². The lowest BCUT2D eigenvalue weighted by Crippen LogP contribution is -2.41. The van der Waals surface area contributed by atoms with Crippen molar-refractivity contribution >= 4 is 17.6 Å². The highest BCUT2D eigenvalue weighted by molar-refractivity contribution is 5.97. The number of nitrogens with zero attached hydrogens (tertiary/aromatic N) is 1. The van der Waals surface area contributed by atoms with Crippen LogP contribution in [-0.2, 0) is 9.59 Å². The van der Waals surface area contributed by atoms with E-state index in [0.29, 0.717) is 32.4 Å². The number of carbonyl (C=O) groups is 2. The van der Waals surface area contributed by atoms with Crippen molar-refractivity contribution in [3.63, 3.8) is 0 Å². The summed E-state index contributed by atoms with van der Waals surface area (Å²) in [6, 6.07) is 5.80. The molecule has 2 aliphatic rings. The first-order valence-corrected chi connectivity index (χ1v) is 7.34. The van der Waals surface area contributed by atoms with Crippen LogP contribution in [0, 0.1) is 18.8 Å². The van der Waals surface area contributed by atoms with E-state index >= 15 is 0 Å². The van der Waals surface area contributed by atoms with Crippen molar-refractivity contribution in [1.29, 1.82) is 0 Å². The maximum atomic E-state index is 12.7. The molecule has 21 heavy (non-hydrogen) atoms. The van der Waals surface area contributed by atoms with Crippen molar-refractivity contribution < 1.29 is 19.4 Å². The first-order chi connectivity index (χ1) is 10.1. The molecule has 2 atom stereocenters. The maximum absolute atomic E-state index is 12.7. The molecule has 1 aromatic carbocycles. The Kier molecular flexibility index (Phi) is 3.57. The smallest absolute Gasteiger partial charge is 0.306 e. The molecule has 0 radical (unpaired) electrons. The molecule has 5 heteroatoms. The minimum Gasteiger partial charge on any atom is -0.490 e. The van der Waals surface area contributed by atoms with Gasteiger partial charge in [-0.25, -0.2) is 0 Å². The lowest BCUT2D eigenvalue weighted by molar-refractivity contribution is -0.141. The third-order valence-electron chi connectivity index (χ3n) is 4.38. The van der Waals surface area contributed by atoms with E-state index in [1.165, 1.54) is 0 Å². The number of anilines is 1. The molecule has 1 fully saturated rings. The Morgan fingerprint density at radius 2 is 2.05 bits per heavy atom. The second-order valence-electron chi connectivity index (χ2n) is 5.85. The lowest BCUT2D eigenvalue weighted by Gasteiger charge is -2.31. The summed E-state index contributed by atoms with van der Waals surface area (Å²) in [6.07, 6.45) is 1.71. The van der Waals surface area contributed by atoms with Crippen LogP contribution in [-0.4, -0.2) is 30.1 Å². The molecular weight excluding hydrogens is 270 g/mol. The summed E-state index contributed by atoms with van der Waals surface area (Å²) in [5.41, 5.74) is 1.89. The van der Waals surface area contributed by atoms with Gasteiger partial charge in [0.2, 0.25) is 5.91 Å². The number of benzene rings is 1. The molecule has 0 aromatic heterocycles. The topological polar surface area (TPSA) is 66.8 Å². The molecule has 1 aromatic rings. The molecule has 1 aliphatic heterocycles. The van der Waals surface area contributed by atoms with Crippen molar-refractivity contribution in [1.82, 2.24) is 0 Å². The molecule has 0 spiro atoms. The fraction of sp³-hybridized carbons (Fsp3) is 0.500. The van der Waals surface area contributed by atoms with E-state index in [9.17, 15) is 9.59 Å². The molecule has 1 saturated carbocycles. The van der Waals surface area contributed by atoms with Gasteiger partial charge in [0.25, 0.3) is 0 Å². The van der Waals surface area contributed by atoms with Gasteiger partial charge in [0.1, 0.15) is 12.4 Å². The minimum atomic E-state index is -0.789. The van der Waals surface area contributed by atoms with Gasteiger partial charge in [-0.1, -0.05) is 6.07 Å². The normalized spacial score (nSPS) is 24.3. The van der Waals surface area contributed by atoms with E-state index in [0.717, 1.165) is 17.0 Å². The highest BCUT2D eigenvalue weighted by atomic mass is 16.5. The van der Waals surface area contributed by atoms with Crippen molar-refractivity contribution in [2.24, 2.45) is 11.8 Å². The summed E-state index contributed by atoms with van der Waals surface area (Å²) in [7, 11) is 0. The number of carboxylic acids is 1. The number of hydrogen-bond donors (Lipinski definition) is 1. The number of ether oxygens (including phenoxy) is 1. The zero-order chi connectivity index (χ0) is 15.0. The largest absolute Gasteiger partial charge is 0.490 e. The number of aryl methyl sites for hydroxylation is 1.